The van der Waals surface area contributed by atoms with Gasteiger partial charge in [0.05, 0.1) is 6.10 Å². The molecule has 0 aromatic heterocycles. The molecular weight excluding hydrogens is 274 g/mol. The van der Waals surface area contributed by atoms with Crippen molar-refractivity contribution in [3.8, 4) is 0 Å². The minimum absolute atomic E-state index is 0.0846. The third-order valence-corrected chi connectivity index (χ3v) is 3.74. The van der Waals surface area contributed by atoms with Crippen molar-refractivity contribution >= 4 is 11.7 Å². The number of carbonyl (C=O) groups excluding carboxylic acids is 1. The van der Waals surface area contributed by atoms with E-state index in [1.165, 1.54) is 5.56 Å². The molecule has 0 N–H and O–H groups in total. The van der Waals surface area contributed by atoms with Gasteiger partial charge in [0.1, 0.15) is 6.04 Å². The Morgan fingerprint density at radius 1 is 1.18 bits per heavy atom. The lowest BCUT2D eigenvalue weighted by molar-refractivity contribution is -0.150. The molecule has 1 aromatic rings. The highest BCUT2D eigenvalue weighted by Crippen LogP contribution is 2.26. The molecule has 1 atom stereocenters. The largest absolute Gasteiger partial charge is 0.461 e. The number of anilines is 1. The lowest BCUT2D eigenvalue weighted by Gasteiger charge is -2.36. The number of aryl methyl sites for hydroxylation is 1. The first-order valence-electron chi connectivity index (χ1n) is 8.41. The van der Waals surface area contributed by atoms with Crippen molar-refractivity contribution in [1.29, 1.82) is 0 Å². The van der Waals surface area contributed by atoms with Gasteiger partial charge in [-0.25, -0.2) is 4.79 Å². The molecule has 0 aliphatic rings. The molecule has 0 saturated carbocycles. The lowest BCUT2D eigenvalue weighted by atomic mass is 10.00. The zero-order chi connectivity index (χ0) is 16.7. The van der Waals surface area contributed by atoms with E-state index in [1.807, 2.05) is 26.0 Å². The Kier molecular flexibility index (Phi) is 7.43. The van der Waals surface area contributed by atoms with Gasteiger partial charge in [0.2, 0.25) is 0 Å². The molecular formula is C19H31NO2. The van der Waals surface area contributed by atoms with Crippen molar-refractivity contribution in [1.82, 2.24) is 0 Å². The zero-order valence-corrected chi connectivity index (χ0v) is 14.9. The van der Waals surface area contributed by atoms with E-state index in [4.69, 9.17) is 4.74 Å². The molecule has 0 radical (unpaired) electrons. The molecule has 0 amide bonds. The van der Waals surface area contributed by atoms with Crippen molar-refractivity contribution in [2.24, 2.45) is 5.92 Å². The van der Waals surface area contributed by atoms with Crippen LogP contribution in [0.15, 0.2) is 24.3 Å². The van der Waals surface area contributed by atoms with Crippen molar-refractivity contribution in [3.05, 3.63) is 29.8 Å². The quantitative estimate of drug-likeness (QED) is 0.658. The van der Waals surface area contributed by atoms with Crippen LogP contribution in [-0.2, 0) is 9.53 Å². The van der Waals surface area contributed by atoms with Gasteiger partial charge in [-0.15, -0.1) is 0 Å². The van der Waals surface area contributed by atoms with Crippen LogP contribution in [-0.4, -0.2) is 24.7 Å². The maximum Gasteiger partial charge on any atom is 0.329 e. The Morgan fingerprint density at radius 2 is 1.82 bits per heavy atom. The smallest absolute Gasteiger partial charge is 0.329 e. The van der Waals surface area contributed by atoms with Gasteiger partial charge in [0.25, 0.3) is 0 Å². The highest BCUT2D eigenvalue weighted by atomic mass is 16.5. The summed E-state index contributed by atoms with van der Waals surface area (Å²) in [6.07, 6.45) is 2.08. The number of hydrogen-bond acceptors (Lipinski definition) is 3. The number of benzene rings is 1. The van der Waals surface area contributed by atoms with E-state index in [0.717, 1.165) is 25.1 Å². The second-order valence-corrected chi connectivity index (χ2v) is 6.51. The molecule has 0 saturated heterocycles. The van der Waals surface area contributed by atoms with Crippen LogP contribution in [0.25, 0.3) is 0 Å². The molecule has 3 heteroatoms. The van der Waals surface area contributed by atoms with E-state index < -0.39 is 0 Å². The first-order chi connectivity index (χ1) is 10.4. The Bertz CT molecular complexity index is 468. The summed E-state index contributed by atoms with van der Waals surface area (Å²) in [6.45, 7) is 13.1. The van der Waals surface area contributed by atoms with Crippen LogP contribution in [0.1, 0.15) is 53.0 Å². The number of esters is 1. The molecule has 0 bridgehead atoms. The van der Waals surface area contributed by atoms with Gasteiger partial charge in [0, 0.05) is 12.2 Å². The van der Waals surface area contributed by atoms with Gasteiger partial charge in [-0.3, -0.25) is 0 Å². The lowest BCUT2D eigenvalue weighted by Crippen LogP contribution is -2.47. The van der Waals surface area contributed by atoms with Crippen LogP contribution >= 0.6 is 0 Å². The third kappa shape index (κ3) is 5.04. The number of nitrogens with zero attached hydrogens (tertiary/aromatic N) is 1. The van der Waals surface area contributed by atoms with Crippen molar-refractivity contribution < 1.29 is 9.53 Å². The van der Waals surface area contributed by atoms with Crippen LogP contribution in [0.4, 0.5) is 5.69 Å². The Labute approximate surface area is 135 Å². The SMILES string of the molecule is CCCCN(c1ccccc1C)C(C(=O)OC(C)C)C(C)C. The second-order valence-electron chi connectivity index (χ2n) is 6.51. The summed E-state index contributed by atoms with van der Waals surface area (Å²) in [6, 6.07) is 8.03. The number of carbonyl (C=O) groups is 1. The fraction of sp³-hybridized carbons (Fsp3) is 0.632. The zero-order valence-electron chi connectivity index (χ0n) is 14.9. The van der Waals surface area contributed by atoms with Crippen molar-refractivity contribution in [2.45, 2.75) is 66.5 Å². The molecule has 124 valence electrons. The number of rotatable bonds is 8. The normalized spacial score (nSPS) is 12.5. The van der Waals surface area contributed by atoms with E-state index >= 15 is 0 Å². The van der Waals surface area contributed by atoms with Crippen LogP contribution in [0, 0.1) is 12.8 Å². The molecule has 0 aliphatic carbocycles. The molecule has 0 aliphatic heterocycles. The number of ether oxygens (including phenoxy) is 1. The summed E-state index contributed by atoms with van der Waals surface area (Å²) in [5.41, 5.74) is 2.33. The van der Waals surface area contributed by atoms with E-state index in [1.54, 1.807) is 0 Å². The van der Waals surface area contributed by atoms with Crippen molar-refractivity contribution in [2.75, 3.05) is 11.4 Å². The molecule has 1 unspecified atom stereocenters. The molecule has 1 rings (SSSR count). The third-order valence-electron chi connectivity index (χ3n) is 3.74. The number of para-hydroxylation sites is 1. The highest BCUT2D eigenvalue weighted by Gasteiger charge is 2.31. The Morgan fingerprint density at radius 3 is 2.32 bits per heavy atom. The maximum atomic E-state index is 12.6. The van der Waals surface area contributed by atoms with E-state index in [-0.39, 0.29) is 24.0 Å². The second kappa shape index (κ2) is 8.82. The van der Waals surface area contributed by atoms with Gasteiger partial charge in [-0.05, 0) is 44.7 Å². The predicted molar refractivity (Wildman–Crippen MR) is 93.3 cm³/mol. The average Bonchev–Trinajstić information content (AvgIpc) is 2.42. The van der Waals surface area contributed by atoms with Gasteiger partial charge in [0.15, 0.2) is 0 Å². The van der Waals surface area contributed by atoms with Gasteiger partial charge in [-0.1, -0.05) is 45.4 Å². The fourth-order valence-corrected chi connectivity index (χ4v) is 2.68. The van der Waals surface area contributed by atoms with Gasteiger partial charge in [-0.2, -0.15) is 0 Å². The molecule has 0 spiro atoms. The Balaban J connectivity index is 3.15. The van der Waals surface area contributed by atoms with Crippen LogP contribution in [0.5, 0.6) is 0 Å². The standard InChI is InChI=1S/C19H31NO2/c1-7-8-13-20(17-12-10-9-11-16(17)6)18(14(2)3)19(21)22-15(4)5/h9-12,14-15,18H,7-8,13H2,1-6H3. The summed E-state index contributed by atoms with van der Waals surface area (Å²) in [4.78, 5) is 14.9. The summed E-state index contributed by atoms with van der Waals surface area (Å²) >= 11 is 0. The average molecular weight is 305 g/mol. The highest BCUT2D eigenvalue weighted by molar-refractivity contribution is 5.81. The fourth-order valence-electron chi connectivity index (χ4n) is 2.68. The first-order valence-corrected chi connectivity index (χ1v) is 8.41. The summed E-state index contributed by atoms with van der Waals surface area (Å²) in [5.74, 6) is 0.0760. The van der Waals surface area contributed by atoms with Gasteiger partial charge < -0.3 is 9.64 Å². The van der Waals surface area contributed by atoms with Crippen LogP contribution < -0.4 is 4.90 Å². The Hall–Kier alpha value is -1.51. The summed E-state index contributed by atoms with van der Waals surface area (Å²) in [7, 11) is 0. The molecule has 1 aromatic carbocycles. The van der Waals surface area contributed by atoms with E-state index in [0.29, 0.717) is 0 Å². The molecule has 0 fully saturated rings. The summed E-state index contributed by atoms with van der Waals surface area (Å²) in [5, 5.41) is 0. The monoisotopic (exact) mass is 305 g/mol. The van der Waals surface area contributed by atoms with Gasteiger partial charge >= 0.3 is 5.97 Å². The predicted octanol–water partition coefficient (Wildman–Crippen LogP) is 4.58. The van der Waals surface area contributed by atoms with Crippen LogP contribution in [0.2, 0.25) is 0 Å². The molecule has 0 heterocycles. The van der Waals surface area contributed by atoms with Crippen LogP contribution in [0.3, 0.4) is 0 Å². The number of unbranched alkanes of at least 4 members (excludes halogenated alkanes) is 1. The van der Waals surface area contributed by atoms with E-state index in [2.05, 4.69) is 44.7 Å². The first kappa shape index (κ1) is 18.5. The number of hydrogen-bond donors (Lipinski definition) is 0. The minimum atomic E-state index is -0.241. The summed E-state index contributed by atoms with van der Waals surface area (Å²) < 4.78 is 5.52. The topological polar surface area (TPSA) is 29.5 Å². The molecule has 22 heavy (non-hydrogen) atoms. The van der Waals surface area contributed by atoms with Crippen molar-refractivity contribution in [3.63, 3.8) is 0 Å². The maximum absolute atomic E-state index is 12.6. The molecule has 3 nitrogen and oxygen atoms in total. The van der Waals surface area contributed by atoms with E-state index in [9.17, 15) is 4.79 Å². The minimum Gasteiger partial charge on any atom is -0.461 e.